The topological polar surface area (TPSA) is 46.5 Å². The van der Waals surface area contributed by atoms with E-state index in [1.54, 1.807) is 7.11 Å². The zero-order valence-corrected chi connectivity index (χ0v) is 18.9. The summed E-state index contributed by atoms with van der Waals surface area (Å²) in [6.45, 7) is 2.65. The lowest BCUT2D eigenvalue weighted by Crippen LogP contribution is -2.37. The highest BCUT2D eigenvalue weighted by molar-refractivity contribution is 5.90. The number of hydrogen-bond acceptors (Lipinski definition) is 2. The number of carbonyl (C=O) groups is 1. The first-order chi connectivity index (χ1) is 16.2. The molecule has 0 radical (unpaired) electrons. The lowest BCUT2D eigenvalue weighted by Gasteiger charge is -2.31. The minimum absolute atomic E-state index is 0.144. The van der Waals surface area contributed by atoms with E-state index in [0.29, 0.717) is 6.54 Å². The van der Waals surface area contributed by atoms with Gasteiger partial charge in [-0.05, 0) is 65.6 Å². The van der Waals surface area contributed by atoms with Gasteiger partial charge in [-0.15, -0.1) is 0 Å². The molecule has 1 N–H and O–H groups in total. The Balaban J connectivity index is 1.58. The SMILES string of the molecule is CCc1ccc(C2c3cccn3-c3ccccc3CN2C(=O)Nc2ccc(OC)cc2)cc1. The van der Waals surface area contributed by atoms with E-state index in [2.05, 4.69) is 65.5 Å². The van der Waals surface area contributed by atoms with Crippen LogP contribution in [0.3, 0.4) is 0 Å². The van der Waals surface area contributed by atoms with Crippen molar-refractivity contribution in [1.29, 1.82) is 0 Å². The lowest BCUT2D eigenvalue weighted by molar-refractivity contribution is 0.194. The predicted molar refractivity (Wildman–Crippen MR) is 131 cm³/mol. The summed E-state index contributed by atoms with van der Waals surface area (Å²) in [5.41, 5.74) is 6.37. The maximum atomic E-state index is 13.7. The number of carbonyl (C=O) groups excluding carboxylic acids is 1. The molecule has 0 spiro atoms. The van der Waals surface area contributed by atoms with Gasteiger partial charge >= 0.3 is 6.03 Å². The molecule has 33 heavy (non-hydrogen) atoms. The first-order valence-corrected chi connectivity index (χ1v) is 11.2. The van der Waals surface area contributed by atoms with Crippen LogP contribution in [-0.4, -0.2) is 22.6 Å². The third-order valence-electron chi connectivity index (χ3n) is 6.27. The number of anilines is 1. The smallest absolute Gasteiger partial charge is 0.322 e. The van der Waals surface area contributed by atoms with Crippen LogP contribution in [0, 0.1) is 0 Å². The van der Waals surface area contributed by atoms with Crippen LogP contribution >= 0.6 is 0 Å². The fraction of sp³-hybridized carbons (Fsp3) is 0.179. The van der Waals surface area contributed by atoms with Crippen molar-refractivity contribution in [2.24, 2.45) is 0 Å². The number of hydrogen-bond donors (Lipinski definition) is 1. The van der Waals surface area contributed by atoms with Crippen LogP contribution in [0.1, 0.15) is 35.3 Å². The van der Waals surface area contributed by atoms with Gasteiger partial charge in [-0.25, -0.2) is 4.79 Å². The molecule has 0 aliphatic carbocycles. The van der Waals surface area contributed by atoms with Gasteiger partial charge in [0.05, 0.1) is 25.4 Å². The van der Waals surface area contributed by atoms with E-state index >= 15 is 0 Å². The fourth-order valence-corrected chi connectivity index (χ4v) is 4.50. The quantitative estimate of drug-likeness (QED) is 0.414. The standard InChI is InChI=1S/C28H27N3O2/c1-3-20-10-12-21(13-11-20)27-26-9-6-18-30(26)25-8-5-4-7-22(25)19-31(27)28(32)29-23-14-16-24(33-2)17-15-23/h4-18,27H,3,19H2,1-2H3,(H,29,32). The Kier molecular flexibility index (Phi) is 5.61. The van der Waals surface area contributed by atoms with Crippen molar-refractivity contribution in [1.82, 2.24) is 9.47 Å². The number of urea groups is 1. The molecule has 2 heterocycles. The molecule has 0 bridgehead atoms. The van der Waals surface area contributed by atoms with Crippen molar-refractivity contribution in [3.63, 3.8) is 0 Å². The summed E-state index contributed by atoms with van der Waals surface area (Å²) in [5.74, 6) is 0.753. The van der Waals surface area contributed by atoms with E-state index in [4.69, 9.17) is 4.74 Å². The Morgan fingerprint density at radius 1 is 0.970 bits per heavy atom. The molecule has 2 amide bonds. The van der Waals surface area contributed by atoms with Crippen LogP contribution in [0.5, 0.6) is 5.75 Å². The number of ether oxygens (including phenoxy) is 1. The second kappa shape index (κ2) is 8.87. The van der Waals surface area contributed by atoms with Crippen molar-refractivity contribution in [2.75, 3.05) is 12.4 Å². The highest BCUT2D eigenvalue weighted by Gasteiger charge is 2.33. The number of para-hydroxylation sites is 1. The van der Waals surface area contributed by atoms with Gasteiger partial charge in [0.2, 0.25) is 0 Å². The molecule has 1 unspecified atom stereocenters. The number of aryl methyl sites for hydroxylation is 1. The van der Waals surface area contributed by atoms with Crippen molar-refractivity contribution in [2.45, 2.75) is 25.9 Å². The summed E-state index contributed by atoms with van der Waals surface area (Å²) in [5, 5.41) is 3.09. The van der Waals surface area contributed by atoms with Gasteiger partial charge < -0.3 is 19.5 Å². The first-order valence-electron chi connectivity index (χ1n) is 11.2. The largest absolute Gasteiger partial charge is 0.497 e. The van der Waals surface area contributed by atoms with Crippen LogP contribution in [0.15, 0.2) is 91.1 Å². The molecule has 5 heteroatoms. The summed E-state index contributed by atoms with van der Waals surface area (Å²) in [6, 6.07) is 28.1. The van der Waals surface area contributed by atoms with Gasteiger partial charge in [0.1, 0.15) is 5.75 Å². The van der Waals surface area contributed by atoms with Gasteiger partial charge in [0, 0.05) is 17.6 Å². The monoisotopic (exact) mass is 437 g/mol. The molecule has 0 saturated carbocycles. The second-order valence-electron chi connectivity index (χ2n) is 8.22. The van der Waals surface area contributed by atoms with Crippen molar-refractivity contribution >= 4 is 11.7 Å². The molecule has 166 valence electrons. The Morgan fingerprint density at radius 3 is 2.45 bits per heavy atom. The summed E-state index contributed by atoms with van der Waals surface area (Å²) in [6.07, 6.45) is 3.06. The Morgan fingerprint density at radius 2 is 1.73 bits per heavy atom. The van der Waals surface area contributed by atoms with E-state index in [0.717, 1.165) is 40.4 Å². The molecule has 0 saturated heterocycles. The number of benzene rings is 3. The average molecular weight is 438 g/mol. The van der Waals surface area contributed by atoms with E-state index in [1.165, 1.54) is 5.56 Å². The van der Waals surface area contributed by atoms with Crippen LogP contribution in [0.2, 0.25) is 0 Å². The number of methoxy groups -OCH3 is 1. The summed E-state index contributed by atoms with van der Waals surface area (Å²) in [7, 11) is 1.63. The average Bonchev–Trinajstić information content (AvgIpc) is 3.29. The van der Waals surface area contributed by atoms with E-state index in [9.17, 15) is 4.79 Å². The number of aromatic nitrogens is 1. The molecular formula is C28H27N3O2. The minimum atomic E-state index is -0.225. The van der Waals surface area contributed by atoms with Gasteiger partial charge in [-0.2, -0.15) is 0 Å². The minimum Gasteiger partial charge on any atom is -0.497 e. The molecular weight excluding hydrogens is 410 g/mol. The van der Waals surface area contributed by atoms with Crippen molar-refractivity contribution in [3.05, 3.63) is 114 Å². The molecule has 4 aromatic rings. The summed E-state index contributed by atoms with van der Waals surface area (Å²) < 4.78 is 7.45. The van der Waals surface area contributed by atoms with E-state index in [1.807, 2.05) is 47.4 Å². The summed E-state index contributed by atoms with van der Waals surface area (Å²) >= 11 is 0. The molecule has 5 rings (SSSR count). The molecule has 1 aliphatic heterocycles. The fourth-order valence-electron chi connectivity index (χ4n) is 4.50. The predicted octanol–water partition coefficient (Wildman–Crippen LogP) is 6.19. The van der Waals surface area contributed by atoms with Gasteiger partial charge in [-0.1, -0.05) is 49.4 Å². The second-order valence-corrected chi connectivity index (χ2v) is 8.22. The molecule has 1 atom stereocenters. The highest BCUT2D eigenvalue weighted by atomic mass is 16.5. The first kappa shape index (κ1) is 20.9. The normalized spacial score (nSPS) is 14.7. The Hall–Kier alpha value is -3.99. The van der Waals surface area contributed by atoms with Gasteiger partial charge in [-0.3, -0.25) is 0 Å². The van der Waals surface area contributed by atoms with Crippen LogP contribution in [-0.2, 0) is 13.0 Å². The molecule has 1 aromatic heterocycles. The van der Waals surface area contributed by atoms with Crippen LogP contribution in [0.25, 0.3) is 5.69 Å². The zero-order chi connectivity index (χ0) is 22.8. The van der Waals surface area contributed by atoms with Gasteiger partial charge in [0.15, 0.2) is 0 Å². The maximum absolute atomic E-state index is 13.7. The number of nitrogens with zero attached hydrogens (tertiary/aromatic N) is 2. The van der Waals surface area contributed by atoms with Crippen LogP contribution in [0.4, 0.5) is 10.5 Å². The number of amides is 2. The van der Waals surface area contributed by atoms with E-state index in [-0.39, 0.29) is 12.1 Å². The molecule has 1 aliphatic rings. The third-order valence-corrected chi connectivity index (χ3v) is 6.27. The van der Waals surface area contributed by atoms with Crippen molar-refractivity contribution < 1.29 is 9.53 Å². The Labute approximate surface area is 194 Å². The number of fused-ring (bicyclic) bond motifs is 3. The molecule has 0 fully saturated rings. The summed E-state index contributed by atoms with van der Waals surface area (Å²) in [4.78, 5) is 15.6. The maximum Gasteiger partial charge on any atom is 0.322 e. The Bertz CT molecular complexity index is 1260. The molecule has 3 aromatic carbocycles. The number of nitrogens with one attached hydrogen (secondary N) is 1. The molecule has 5 nitrogen and oxygen atoms in total. The van der Waals surface area contributed by atoms with Crippen molar-refractivity contribution in [3.8, 4) is 11.4 Å². The van der Waals surface area contributed by atoms with E-state index < -0.39 is 0 Å². The van der Waals surface area contributed by atoms with Crippen LogP contribution < -0.4 is 10.1 Å². The van der Waals surface area contributed by atoms with Gasteiger partial charge in [0.25, 0.3) is 0 Å². The highest BCUT2D eigenvalue weighted by Crippen LogP contribution is 2.37. The number of rotatable bonds is 4. The third kappa shape index (κ3) is 3.98. The zero-order valence-electron chi connectivity index (χ0n) is 18.9. The lowest BCUT2D eigenvalue weighted by atomic mass is 10.00.